The third kappa shape index (κ3) is 2.98. The summed E-state index contributed by atoms with van der Waals surface area (Å²) < 4.78 is 11.6. The molecule has 0 N–H and O–H groups in total. The van der Waals surface area contributed by atoms with Crippen LogP contribution in [-0.4, -0.2) is 7.11 Å². The minimum absolute atomic E-state index is 0.852. The highest BCUT2D eigenvalue weighted by atomic mass is 16.5. The average molecular weight is 308 g/mol. The number of rotatable bonds is 6. The molecular weight excluding hydrogens is 284 g/mol. The Kier molecular flexibility index (Phi) is 4.71. The lowest BCUT2D eigenvalue weighted by Gasteiger charge is -2.11. The van der Waals surface area contributed by atoms with Crippen LogP contribution in [-0.2, 0) is 0 Å². The lowest BCUT2D eigenvalue weighted by molar-refractivity contribution is 0.414. The van der Waals surface area contributed by atoms with E-state index in [0.29, 0.717) is 0 Å². The van der Waals surface area contributed by atoms with E-state index in [4.69, 9.17) is 9.15 Å². The van der Waals surface area contributed by atoms with Crippen LogP contribution in [0.25, 0.3) is 27.5 Å². The molecule has 3 rings (SSSR count). The highest BCUT2D eigenvalue weighted by Gasteiger charge is 2.15. The third-order valence-corrected chi connectivity index (χ3v) is 4.23. The van der Waals surface area contributed by atoms with Crippen molar-refractivity contribution >= 4 is 27.5 Å². The summed E-state index contributed by atoms with van der Waals surface area (Å²) >= 11 is 0. The minimum Gasteiger partial charge on any atom is -0.497 e. The van der Waals surface area contributed by atoms with Gasteiger partial charge in [0.25, 0.3) is 0 Å². The van der Waals surface area contributed by atoms with E-state index in [0.717, 1.165) is 42.6 Å². The Morgan fingerprint density at radius 1 is 1.09 bits per heavy atom. The van der Waals surface area contributed by atoms with Crippen LogP contribution in [0.5, 0.6) is 5.75 Å². The highest BCUT2D eigenvalue weighted by Crippen LogP contribution is 2.38. The largest absolute Gasteiger partial charge is 0.497 e. The summed E-state index contributed by atoms with van der Waals surface area (Å²) in [5, 5.41) is 2.39. The Hall–Kier alpha value is -2.22. The number of furan rings is 1. The summed E-state index contributed by atoms with van der Waals surface area (Å²) in [5.41, 5.74) is 4.48. The van der Waals surface area contributed by atoms with Gasteiger partial charge in [0.15, 0.2) is 0 Å². The summed E-state index contributed by atoms with van der Waals surface area (Å²) in [5.74, 6) is 0.852. The maximum atomic E-state index is 6.06. The van der Waals surface area contributed by atoms with Gasteiger partial charge in [-0.05, 0) is 36.1 Å². The van der Waals surface area contributed by atoms with Gasteiger partial charge < -0.3 is 9.15 Å². The van der Waals surface area contributed by atoms with Crippen molar-refractivity contribution in [3.8, 4) is 5.75 Å². The Balaban J connectivity index is 2.31. The zero-order chi connectivity index (χ0) is 16.2. The van der Waals surface area contributed by atoms with Gasteiger partial charge >= 0.3 is 0 Å². The monoisotopic (exact) mass is 308 g/mol. The number of hydrogen-bond acceptors (Lipinski definition) is 2. The molecule has 0 saturated carbocycles. The fourth-order valence-corrected chi connectivity index (χ4v) is 3.13. The maximum Gasteiger partial charge on any atom is 0.139 e. The van der Waals surface area contributed by atoms with Crippen molar-refractivity contribution in [1.29, 1.82) is 0 Å². The van der Waals surface area contributed by atoms with Crippen LogP contribution in [0.15, 0.2) is 46.9 Å². The van der Waals surface area contributed by atoms with Crippen molar-refractivity contribution in [3.63, 3.8) is 0 Å². The van der Waals surface area contributed by atoms with Gasteiger partial charge in [0.2, 0.25) is 0 Å². The Labute approximate surface area is 137 Å². The van der Waals surface area contributed by atoms with Gasteiger partial charge in [-0.3, -0.25) is 0 Å². The lowest BCUT2D eigenvalue weighted by Crippen LogP contribution is -1.90. The standard InChI is InChI=1S/C21H24O2/c1-4-6-10-15(9-5-2)18-13-16(22-3)14-20-21(18)17-11-7-8-12-19(17)23-20/h7-8,10-14H,4-6,9H2,1-3H3/b15-10+. The minimum atomic E-state index is 0.852. The molecule has 0 aliphatic heterocycles. The number of benzene rings is 2. The SMILES string of the molecule is CCC/C=C(\CCC)c1cc(OC)cc2oc3ccccc3c12. The fraction of sp³-hybridized carbons (Fsp3) is 0.333. The van der Waals surface area contributed by atoms with Gasteiger partial charge in [0, 0.05) is 16.8 Å². The van der Waals surface area contributed by atoms with Crippen LogP contribution in [0.1, 0.15) is 45.1 Å². The molecule has 3 aromatic rings. The number of hydrogen-bond donors (Lipinski definition) is 0. The highest BCUT2D eigenvalue weighted by molar-refractivity contribution is 6.10. The van der Waals surface area contributed by atoms with Gasteiger partial charge in [0.1, 0.15) is 16.9 Å². The van der Waals surface area contributed by atoms with E-state index >= 15 is 0 Å². The molecule has 0 radical (unpaired) electrons. The van der Waals surface area contributed by atoms with Crippen LogP contribution < -0.4 is 4.74 Å². The Morgan fingerprint density at radius 3 is 2.65 bits per heavy atom. The number of allylic oxidation sites excluding steroid dienone is 2. The third-order valence-electron chi connectivity index (χ3n) is 4.23. The Morgan fingerprint density at radius 2 is 1.91 bits per heavy atom. The van der Waals surface area contributed by atoms with E-state index in [2.05, 4.69) is 38.1 Å². The first kappa shape index (κ1) is 15.7. The molecule has 0 amide bonds. The summed E-state index contributed by atoms with van der Waals surface area (Å²) in [6.45, 7) is 4.44. The van der Waals surface area contributed by atoms with Crippen molar-refractivity contribution < 1.29 is 9.15 Å². The zero-order valence-corrected chi connectivity index (χ0v) is 14.2. The van der Waals surface area contributed by atoms with E-state index in [1.807, 2.05) is 18.2 Å². The van der Waals surface area contributed by atoms with Crippen LogP contribution >= 0.6 is 0 Å². The molecule has 0 bridgehead atoms. The van der Waals surface area contributed by atoms with Gasteiger partial charge in [-0.15, -0.1) is 0 Å². The molecule has 1 aromatic heterocycles. The number of fused-ring (bicyclic) bond motifs is 3. The molecule has 0 saturated heterocycles. The molecule has 0 atom stereocenters. The summed E-state index contributed by atoms with van der Waals surface area (Å²) in [6.07, 6.45) is 6.83. The van der Waals surface area contributed by atoms with Gasteiger partial charge in [-0.2, -0.15) is 0 Å². The average Bonchev–Trinajstić information content (AvgIpc) is 2.96. The first-order valence-electron chi connectivity index (χ1n) is 8.47. The molecule has 1 heterocycles. The van der Waals surface area contributed by atoms with Gasteiger partial charge in [-0.1, -0.05) is 51.0 Å². The molecular formula is C21H24O2. The second-order valence-electron chi connectivity index (χ2n) is 5.91. The predicted molar refractivity (Wildman–Crippen MR) is 98.1 cm³/mol. The molecule has 2 heteroatoms. The maximum absolute atomic E-state index is 6.06. The van der Waals surface area contributed by atoms with E-state index < -0.39 is 0 Å². The van der Waals surface area contributed by atoms with Gasteiger partial charge in [-0.25, -0.2) is 0 Å². The van der Waals surface area contributed by atoms with Gasteiger partial charge in [0.05, 0.1) is 7.11 Å². The van der Waals surface area contributed by atoms with Crippen molar-refractivity contribution in [2.45, 2.75) is 39.5 Å². The second-order valence-corrected chi connectivity index (χ2v) is 5.91. The lowest BCUT2D eigenvalue weighted by atomic mass is 9.95. The molecule has 2 aromatic carbocycles. The molecule has 0 unspecified atom stereocenters. The molecule has 120 valence electrons. The topological polar surface area (TPSA) is 22.4 Å². The molecule has 23 heavy (non-hydrogen) atoms. The van der Waals surface area contributed by atoms with E-state index in [1.165, 1.54) is 21.9 Å². The molecule has 2 nitrogen and oxygen atoms in total. The predicted octanol–water partition coefficient (Wildman–Crippen LogP) is 6.58. The quantitative estimate of drug-likeness (QED) is 0.513. The van der Waals surface area contributed by atoms with E-state index in [1.54, 1.807) is 7.11 Å². The number of ether oxygens (including phenoxy) is 1. The van der Waals surface area contributed by atoms with Crippen molar-refractivity contribution in [2.75, 3.05) is 7.11 Å². The number of para-hydroxylation sites is 1. The normalized spacial score (nSPS) is 12.2. The summed E-state index contributed by atoms with van der Waals surface area (Å²) in [4.78, 5) is 0. The smallest absolute Gasteiger partial charge is 0.139 e. The van der Waals surface area contributed by atoms with Crippen LogP contribution in [0.4, 0.5) is 0 Å². The van der Waals surface area contributed by atoms with E-state index in [9.17, 15) is 0 Å². The molecule has 0 spiro atoms. The zero-order valence-electron chi connectivity index (χ0n) is 14.2. The first-order chi connectivity index (χ1) is 11.3. The van der Waals surface area contributed by atoms with Crippen LogP contribution in [0, 0.1) is 0 Å². The van der Waals surface area contributed by atoms with Crippen molar-refractivity contribution in [3.05, 3.63) is 48.0 Å². The molecule has 0 fully saturated rings. The van der Waals surface area contributed by atoms with Crippen LogP contribution in [0.3, 0.4) is 0 Å². The fourth-order valence-electron chi connectivity index (χ4n) is 3.13. The Bertz CT molecular complexity index is 840. The summed E-state index contributed by atoms with van der Waals surface area (Å²) in [6, 6.07) is 12.4. The first-order valence-corrected chi connectivity index (χ1v) is 8.47. The summed E-state index contributed by atoms with van der Waals surface area (Å²) in [7, 11) is 1.71. The van der Waals surface area contributed by atoms with E-state index in [-0.39, 0.29) is 0 Å². The molecule has 0 aliphatic carbocycles. The second kappa shape index (κ2) is 6.91. The number of unbranched alkanes of at least 4 members (excludes halogenated alkanes) is 1. The molecule has 0 aliphatic rings. The van der Waals surface area contributed by atoms with Crippen LogP contribution in [0.2, 0.25) is 0 Å². The van der Waals surface area contributed by atoms with Crippen molar-refractivity contribution in [1.82, 2.24) is 0 Å². The van der Waals surface area contributed by atoms with Crippen molar-refractivity contribution in [2.24, 2.45) is 0 Å². The number of methoxy groups -OCH3 is 1.